The molecule has 0 spiro atoms. The largest absolute Gasteiger partial charge is 0.501 e. The van der Waals surface area contributed by atoms with Crippen LogP contribution < -0.4 is 5.32 Å². The van der Waals surface area contributed by atoms with Gasteiger partial charge in [-0.25, -0.2) is 0 Å². The predicted molar refractivity (Wildman–Crippen MR) is 58.2 cm³/mol. The topological polar surface area (TPSA) is 38.3 Å². The van der Waals surface area contributed by atoms with Crippen LogP contribution in [0.5, 0.6) is 0 Å². The minimum absolute atomic E-state index is 0.190. The van der Waals surface area contributed by atoms with Crippen LogP contribution in [0.4, 0.5) is 0 Å². The molecule has 0 radical (unpaired) electrons. The van der Waals surface area contributed by atoms with Crippen molar-refractivity contribution >= 4 is 5.91 Å². The SMILES string of the molecule is COC1=CCC=C(CCC2CC(=O)N2)C1. The maximum Gasteiger partial charge on any atom is 0.222 e. The van der Waals surface area contributed by atoms with E-state index in [1.807, 2.05) is 0 Å². The molecule has 3 nitrogen and oxygen atoms in total. The van der Waals surface area contributed by atoms with Crippen LogP contribution in [0, 0.1) is 0 Å². The fourth-order valence-corrected chi connectivity index (χ4v) is 2.04. The second-order valence-electron chi connectivity index (χ2n) is 4.16. The smallest absolute Gasteiger partial charge is 0.222 e. The number of carbonyl (C=O) groups is 1. The summed E-state index contributed by atoms with van der Waals surface area (Å²) in [6, 6.07) is 0.412. The first kappa shape index (κ1) is 10.3. The molecule has 1 N–H and O–H groups in total. The first-order valence-corrected chi connectivity index (χ1v) is 5.48. The number of hydrogen-bond donors (Lipinski definition) is 1. The van der Waals surface area contributed by atoms with Gasteiger partial charge in [0.1, 0.15) is 0 Å². The number of rotatable bonds is 4. The molecule has 0 aromatic heterocycles. The number of β-lactam (4-membered cyclic amide) rings is 1. The number of carbonyl (C=O) groups excluding carboxylic acids is 1. The molecular formula is C12H17NO2. The van der Waals surface area contributed by atoms with E-state index in [4.69, 9.17) is 4.74 Å². The molecule has 1 fully saturated rings. The van der Waals surface area contributed by atoms with Crippen LogP contribution in [0.25, 0.3) is 0 Å². The molecule has 0 saturated carbocycles. The summed E-state index contributed by atoms with van der Waals surface area (Å²) in [5.41, 5.74) is 1.44. The Labute approximate surface area is 90.2 Å². The molecule has 2 aliphatic rings. The van der Waals surface area contributed by atoms with Crippen molar-refractivity contribution in [2.75, 3.05) is 7.11 Å². The first-order chi connectivity index (χ1) is 7.28. The molecule has 15 heavy (non-hydrogen) atoms. The van der Waals surface area contributed by atoms with E-state index in [1.54, 1.807) is 7.11 Å². The molecule has 1 heterocycles. The lowest BCUT2D eigenvalue weighted by Crippen LogP contribution is -2.48. The van der Waals surface area contributed by atoms with Crippen LogP contribution >= 0.6 is 0 Å². The van der Waals surface area contributed by atoms with Gasteiger partial charge in [-0.3, -0.25) is 4.79 Å². The number of ether oxygens (including phenoxy) is 1. The van der Waals surface area contributed by atoms with Gasteiger partial charge in [0.2, 0.25) is 5.91 Å². The van der Waals surface area contributed by atoms with Gasteiger partial charge in [0.15, 0.2) is 0 Å². The molecule has 3 heteroatoms. The van der Waals surface area contributed by atoms with Gasteiger partial charge in [-0.1, -0.05) is 11.6 Å². The zero-order valence-electron chi connectivity index (χ0n) is 9.08. The Balaban J connectivity index is 1.71. The summed E-state index contributed by atoms with van der Waals surface area (Å²) >= 11 is 0. The third kappa shape index (κ3) is 2.61. The van der Waals surface area contributed by atoms with Gasteiger partial charge in [-0.05, 0) is 25.3 Å². The summed E-state index contributed by atoms with van der Waals surface area (Å²) in [5, 5.41) is 2.90. The van der Waals surface area contributed by atoms with Gasteiger partial charge in [-0.15, -0.1) is 0 Å². The average molecular weight is 207 g/mol. The quantitative estimate of drug-likeness (QED) is 0.565. The van der Waals surface area contributed by atoms with Gasteiger partial charge in [0.25, 0.3) is 0 Å². The van der Waals surface area contributed by atoms with E-state index < -0.39 is 0 Å². The van der Waals surface area contributed by atoms with E-state index in [-0.39, 0.29) is 5.91 Å². The number of nitrogens with one attached hydrogen (secondary N) is 1. The second kappa shape index (κ2) is 4.51. The van der Waals surface area contributed by atoms with Crippen molar-refractivity contribution in [3.63, 3.8) is 0 Å². The molecule has 1 aliphatic heterocycles. The number of amides is 1. The van der Waals surface area contributed by atoms with Crippen LogP contribution in [0.15, 0.2) is 23.5 Å². The lowest BCUT2D eigenvalue weighted by molar-refractivity contribution is -0.128. The molecule has 0 aromatic rings. The normalized spacial score (nSPS) is 24.9. The number of hydrogen-bond acceptors (Lipinski definition) is 2. The van der Waals surface area contributed by atoms with Crippen molar-refractivity contribution in [1.29, 1.82) is 0 Å². The molecule has 1 aliphatic carbocycles. The Morgan fingerprint density at radius 3 is 3.00 bits per heavy atom. The zero-order chi connectivity index (χ0) is 10.7. The van der Waals surface area contributed by atoms with Crippen LogP contribution in [-0.4, -0.2) is 19.1 Å². The van der Waals surface area contributed by atoms with Gasteiger partial charge in [0, 0.05) is 18.9 Å². The highest BCUT2D eigenvalue weighted by atomic mass is 16.5. The third-order valence-corrected chi connectivity index (χ3v) is 3.03. The predicted octanol–water partition coefficient (Wildman–Crippen LogP) is 1.91. The van der Waals surface area contributed by atoms with Crippen molar-refractivity contribution in [2.45, 2.75) is 38.1 Å². The number of methoxy groups -OCH3 is 1. The maximum absolute atomic E-state index is 10.7. The van der Waals surface area contributed by atoms with Gasteiger partial charge in [0.05, 0.1) is 12.9 Å². The van der Waals surface area contributed by atoms with E-state index >= 15 is 0 Å². The third-order valence-electron chi connectivity index (χ3n) is 3.03. The van der Waals surface area contributed by atoms with Crippen LogP contribution in [0.2, 0.25) is 0 Å². The van der Waals surface area contributed by atoms with Crippen molar-refractivity contribution < 1.29 is 9.53 Å². The molecule has 1 atom stereocenters. The Morgan fingerprint density at radius 2 is 2.33 bits per heavy atom. The fraction of sp³-hybridized carbons (Fsp3) is 0.583. The molecule has 1 saturated heterocycles. The Morgan fingerprint density at radius 1 is 1.53 bits per heavy atom. The Bertz CT molecular complexity index is 310. The molecule has 0 bridgehead atoms. The van der Waals surface area contributed by atoms with E-state index in [0.717, 1.165) is 31.4 Å². The second-order valence-corrected chi connectivity index (χ2v) is 4.16. The summed E-state index contributed by atoms with van der Waals surface area (Å²) in [4.78, 5) is 10.7. The summed E-state index contributed by atoms with van der Waals surface area (Å²) in [6.45, 7) is 0. The van der Waals surface area contributed by atoms with Crippen molar-refractivity contribution in [1.82, 2.24) is 5.32 Å². The highest BCUT2D eigenvalue weighted by molar-refractivity contribution is 5.82. The van der Waals surface area contributed by atoms with Crippen molar-refractivity contribution in [2.24, 2.45) is 0 Å². The molecule has 2 rings (SSSR count). The average Bonchev–Trinajstić information content (AvgIpc) is 2.23. The van der Waals surface area contributed by atoms with Crippen LogP contribution in [0.1, 0.15) is 32.1 Å². The van der Waals surface area contributed by atoms with E-state index in [1.165, 1.54) is 5.57 Å². The standard InChI is InChI=1S/C12H17NO2/c1-15-11-4-2-3-9(7-11)5-6-10-8-12(14)13-10/h3-4,10H,2,5-8H2,1H3,(H,13,14). The van der Waals surface area contributed by atoms with E-state index in [2.05, 4.69) is 17.5 Å². The Hall–Kier alpha value is -1.25. The highest BCUT2D eigenvalue weighted by Crippen LogP contribution is 2.24. The number of allylic oxidation sites excluding steroid dienone is 3. The molecule has 1 amide bonds. The summed E-state index contributed by atoms with van der Waals surface area (Å²) in [5.74, 6) is 1.26. The lowest BCUT2D eigenvalue weighted by Gasteiger charge is -2.27. The lowest BCUT2D eigenvalue weighted by atomic mass is 9.94. The van der Waals surface area contributed by atoms with Crippen LogP contribution in [0.3, 0.4) is 0 Å². The van der Waals surface area contributed by atoms with Gasteiger partial charge >= 0.3 is 0 Å². The molecule has 82 valence electrons. The zero-order valence-corrected chi connectivity index (χ0v) is 9.08. The summed E-state index contributed by atoms with van der Waals surface area (Å²) in [7, 11) is 1.72. The molecule has 0 aromatic carbocycles. The van der Waals surface area contributed by atoms with E-state index in [0.29, 0.717) is 12.5 Å². The van der Waals surface area contributed by atoms with Crippen LogP contribution in [-0.2, 0) is 9.53 Å². The van der Waals surface area contributed by atoms with Crippen molar-refractivity contribution in [3.05, 3.63) is 23.5 Å². The van der Waals surface area contributed by atoms with E-state index in [9.17, 15) is 4.79 Å². The summed E-state index contributed by atoms with van der Waals surface area (Å²) < 4.78 is 5.24. The minimum Gasteiger partial charge on any atom is -0.501 e. The first-order valence-electron chi connectivity index (χ1n) is 5.48. The van der Waals surface area contributed by atoms with Crippen molar-refractivity contribution in [3.8, 4) is 0 Å². The molecular weight excluding hydrogens is 190 g/mol. The van der Waals surface area contributed by atoms with Gasteiger partial charge in [-0.2, -0.15) is 0 Å². The monoisotopic (exact) mass is 207 g/mol. The van der Waals surface area contributed by atoms with Gasteiger partial charge < -0.3 is 10.1 Å². The fourth-order valence-electron chi connectivity index (χ4n) is 2.04. The molecule has 1 unspecified atom stereocenters. The Kier molecular flexibility index (Phi) is 3.09. The summed E-state index contributed by atoms with van der Waals surface area (Å²) in [6.07, 6.45) is 9.16. The highest BCUT2D eigenvalue weighted by Gasteiger charge is 2.24. The minimum atomic E-state index is 0.190. The maximum atomic E-state index is 10.7.